The molecule has 37 nitrogen and oxygen atoms in total. The fraction of sp³-hybridized carbons (Fsp3) is 0.805. The molecule has 3 saturated heterocycles. The molecule has 3 aliphatic heterocycles. The Morgan fingerprint density at radius 3 is 0.965 bits per heavy atom. The van der Waals surface area contributed by atoms with E-state index in [9.17, 15) is 71.9 Å². The van der Waals surface area contributed by atoms with Crippen molar-refractivity contribution in [3.8, 4) is 0 Å². The first-order valence-corrected chi connectivity index (χ1v) is 40.3. The molecule has 3 aliphatic rings. The molecule has 0 aromatic rings. The first-order chi connectivity index (χ1) is 54.3. The summed E-state index contributed by atoms with van der Waals surface area (Å²) in [6.45, 7) is 17.8. The number of nitrogens with one attached hydrogen (secondary N) is 8. The molecule has 0 spiro atoms. The van der Waals surface area contributed by atoms with Crippen LogP contribution in [-0.4, -0.2) is 264 Å². The topological polar surface area (TPSA) is 492 Å². The van der Waals surface area contributed by atoms with Crippen LogP contribution in [0.3, 0.4) is 0 Å². The lowest BCUT2D eigenvalue weighted by Gasteiger charge is -2.45. The van der Waals surface area contributed by atoms with Crippen molar-refractivity contribution in [2.24, 2.45) is 5.73 Å². The summed E-state index contributed by atoms with van der Waals surface area (Å²) < 4.78 is 69.6. The van der Waals surface area contributed by atoms with Gasteiger partial charge in [0.05, 0.1) is 19.1 Å². The average molecular weight is 1630 g/mol. The standard InChI is InChI=1S/C77H130N10O27/c1-13-58-68(106-50(7)91)71(109-53(10)94)65(84-47(4)88)75(112-58)103-42-26-16-19-33-61(98)79-37-25-23-31-56(97)45-87(46-64(101)82-40-29-38-80-62(99)34-20-17-27-43-104-76-66(85-48(5)89)72(110-54(11)95)69(107-51(8)92)59(14-2)113-76)57(32-22-24-36-78)74(102)83-41-30-39-81-63(100)35-21-18-28-44-105-77-67(86-49(6)90)73(111-55(12)96)70(108-52(9)93)60(15-3)114-77/h57-60,65-73,75-77H,13-46,78H2,1-12H3,(H,79,98)(H,80,99)(H,81,100)(H,82,101)(H,83,102)(H,84,88)(H,85,89)(H,86,90). The predicted molar refractivity (Wildman–Crippen MR) is 408 cm³/mol. The number of carbonyl (C=O) groups is 15. The zero-order valence-electron chi connectivity index (χ0n) is 68.8. The zero-order valence-corrected chi connectivity index (χ0v) is 68.8. The molecule has 3 heterocycles. The Bertz CT molecular complexity index is 2920. The van der Waals surface area contributed by atoms with Crippen LogP contribution in [0.25, 0.3) is 0 Å². The minimum Gasteiger partial charge on any atom is -0.456 e. The van der Waals surface area contributed by atoms with Gasteiger partial charge in [-0.15, -0.1) is 0 Å². The maximum atomic E-state index is 14.2. The largest absolute Gasteiger partial charge is 0.456 e. The van der Waals surface area contributed by atoms with Gasteiger partial charge in [0.15, 0.2) is 55.5 Å². The first kappa shape index (κ1) is 100. The summed E-state index contributed by atoms with van der Waals surface area (Å²) in [5, 5.41) is 22.5. The molecule has 0 aromatic heterocycles. The van der Waals surface area contributed by atoms with Gasteiger partial charge >= 0.3 is 35.8 Å². The quantitative estimate of drug-likeness (QED) is 0.0239. The summed E-state index contributed by atoms with van der Waals surface area (Å²) in [4.78, 5) is 191. The normalized spacial score (nSPS) is 23.4. The highest BCUT2D eigenvalue weighted by molar-refractivity contribution is 5.87. The maximum absolute atomic E-state index is 14.2. The second kappa shape index (κ2) is 56.3. The molecule has 114 heavy (non-hydrogen) atoms. The van der Waals surface area contributed by atoms with E-state index in [0.717, 1.165) is 0 Å². The van der Waals surface area contributed by atoms with Gasteiger partial charge in [0.2, 0.25) is 47.3 Å². The van der Waals surface area contributed by atoms with Crippen molar-refractivity contribution in [3.63, 3.8) is 0 Å². The molecular weight excluding hydrogens is 1500 g/mol. The van der Waals surface area contributed by atoms with E-state index in [1.807, 2.05) is 0 Å². The van der Waals surface area contributed by atoms with Crippen LogP contribution >= 0.6 is 0 Å². The number of nitrogens with two attached hydrogens (primary N) is 1. The Kier molecular flexibility index (Phi) is 49.4. The summed E-state index contributed by atoms with van der Waals surface area (Å²) in [6, 6.07) is -3.90. The van der Waals surface area contributed by atoms with E-state index in [0.29, 0.717) is 122 Å². The van der Waals surface area contributed by atoms with Crippen LogP contribution < -0.4 is 48.3 Å². The Labute approximate surface area is 669 Å². The fourth-order valence-electron chi connectivity index (χ4n) is 13.5. The Morgan fingerprint density at radius 2 is 0.649 bits per heavy atom. The number of amides is 8. The lowest BCUT2D eigenvalue weighted by atomic mass is 9.94. The molecule has 650 valence electrons. The predicted octanol–water partition coefficient (Wildman–Crippen LogP) is 2.13. The van der Waals surface area contributed by atoms with E-state index in [-0.39, 0.29) is 121 Å². The van der Waals surface area contributed by atoms with Crippen LogP contribution in [0.2, 0.25) is 0 Å². The molecule has 16 unspecified atom stereocenters. The SMILES string of the molecule is CCC1OC(OCCCCCC(=O)NCCCCC(=O)CN(CC(=O)NCCCNC(=O)CCCCCOC2OC(CC)C(OC(C)=O)C(OC(C)=O)C2NC(C)=O)C(CCCCN)C(=O)NCCCNC(=O)CCCCCOC2OC(CC)C(OC(C)=O)C(OC(C)=O)C2NC(C)=O)C(NC(C)=O)C(OC(C)=O)C1OC(C)=O. The number of unbranched alkanes of at least 4 members (excludes halogenated alkanes) is 8. The smallest absolute Gasteiger partial charge is 0.303 e. The van der Waals surface area contributed by atoms with Gasteiger partial charge in [-0.1, -0.05) is 46.5 Å². The van der Waals surface area contributed by atoms with E-state index < -0.39 is 163 Å². The summed E-state index contributed by atoms with van der Waals surface area (Å²) >= 11 is 0. The fourth-order valence-corrected chi connectivity index (χ4v) is 13.5. The molecule has 3 fully saturated rings. The van der Waals surface area contributed by atoms with E-state index in [4.69, 9.17) is 62.6 Å². The highest BCUT2D eigenvalue weighted by Gasteiger charge is 2.53. The minimum absolute atomic E-state index is 0.0783. The summed E-state index contributed by atoms with van der Waals surface area (Å²) in [5.74, 6) is -6.93. The molecule has 0 aromatic carbocycles. The van der Waals surface area contributed by atoms with Gasteiger partial charge in [-0.3, -0.25) is 76.8 Å². The number of hydrogen-bond acceptors (Lipinski definition) is 29. The van der Waals surface area contributed by atoms with Crippen molar-refractivity contribution in [1.82, 2.24) is 47.4 Å². The van der Waals surface area contributed by atoms with Crippen LogP contribution in [-0.2, 0) is 129 Å². The lowest BCUT2D eigenvalue weighted by Crippen LogP contribution is -2.65. The Hall–Kier alpha value is -8.07. The molecule has 16 atom stereocenters. The van der Waals surface area contributed by atoms with Gasteiger partial charge in [0, 0.05) is 141 Å². The van der Waals surface area contributed by atoms with Crippen molar-refractivity contribution >= 4 is 88.9 Å². The van der Waals surface area contributed by atoms with Crippen LogP contribution in [0.1, 0.15) is 231 Å². The van der Waals surface area contributed by atoms with Crippen LogP contribution in [0, 0.1) is 0 Å². The number of ketones is 1. The number of ether oxygens (including phenoxy) is 12. The van der Waals surface area contributed by atoms with Crippen molar-refractivity contribution < 1.29 is 129 Å². The van der Waals surface area contributed by atoms with Crippen molar-refractivity contribution in [2.75, 3.05) is 72.2 Å². The van der Waals surface area contributed by atoms with Gasteiger partial charge in [-0.25, -0.2) is 0 Å². The summed E-state index contributed by atoms with van der Waals surface area (Å²) in [7, 11) is 0. The van der Waals surface area contributed by atoms with Crippen LogP contribution in [0.5, 0.6) is 0 Å². The van der Waals surface area contributed by atoms with Gasteiger partial charge < -0.3 is 105 Å². The van der Waals surface area contributed by atoms with Crippen molar-refractivity contribution in [3.05, 3.63) is 0 Å². The second-order valence-corrected chi connectivity index (χ2v) is 28.6. The zero-order chi connectivity index (χ0) is 84.7. The minimum atomic E-state index is -1.09. The number of hydrogen-bond donors (Lipinski definition) is 9. The summed E-state index contributed by atoms with van der Waals surface area (Å²) in [6.07, 6.45) is -1.99. The highest BCUT2D eigenvalue weighted by atomic mass is 16.7. The molecule has 0 radical (unpaired) electrons. The number of Topliss-reactive ketones (excluding diaryl/α,β-unsaturated/α-hetero) is 1. The van der Waals surface area contributed by atoms with Crippen LogP contribution in [0.15, 0.2) is 0 Å². The molecule has 37 heteroatoms. The Morgan fingerprint density at radius 1 is 0.342 bits per heavy atom. The third-order valence-electron chi connectivity index (χ3n) is 18.6. The van der Waals surface area contributed by atoms with Gasteiger partial charge in [0.1, 0.15) is 42.2 Å². The highest BCUT2D eigenvalue weighted by Crippen LogP contribution is 2.33. The number of esters is 6. The first-order valence-electron chi connectivity index (χ1n) is 40.3. The number of carbonyl (C=O) groups excluding carboxylic acids is 15. The van der Waals surface area contributed by atoms with E-state index in [1.54, 1.807) is 25.7 Å². The van der Waals surface area contributed by atoms with Gasteiger partial charge in [-0.2, -0.15) is 0 Å². The van der Waals surface area contributed by atoms with Crippen molar-refractivity contribution in [2.45, 2.75) is 329 Å². The molecular formula is C77H130N10O27. The van der Waals surface area contributed by atoms with E-state index in [1.165, 1.54) is 62.3 Å². The molecule has 0 saturated carbocycles. The number of nitrogens with zero attached hydrogens (tertiary/aromatic N) is 1. The molecule has 3 rings (SSSR count). The molecule has 10 N–H and O–H groups in total. The molecule has 8 amide bonds. The maximum Gasteiger partial charge on any atom is 0.303 e. The Balaban J connectivity index is 1.56. The lowest BCUT2D eigenvalue weighted by molar-refractivity contribution is -0.272. The van der Waals surface area contributed by atoms with E-state index in [2.05, 4.69) is 42.5 Å². The monoisotopic (exact) mass is 1630 g/mol. The summed E-state index contributed by atoms with van der Waals surface area (Å²) in [5.41, 5.74) is 5.88. The molecule has 0 bridgehead atoms. The van der Waals surface area contributed by atoms with Crippen molar-refractivity contribution in [1.29, 1.82) is 0 Å². The second-order valence-electron chi connectivity index (χ2n) is 28.6. The third-order valence-corrected chi connectivity index (χ3v) is 18.6. The third kappa shape index (κ3) is 40.0. The van der Waals surface area contributed by atoms with Gasteiger partial charge in [0.25, 0.3) is 0 Å². The van der Waals surface area contributed by atoms with Crippen LogP contribution in [0.4, 0.5) is 0 Å². The molecule has 0 aliphatic carbocycles. The average Bonchev–Trinajstić information content (AvgIpc) is 0.800. The number of rotatable bonds is 56. The van der Waals surface area contributed by atoms with E-state index >= 15 is 0 Å². The van der Waals surface area contributed by atoms with Gasteiger partial charge in [-0.05, 0) is 103 Å².